The maximum atomic E-state index is 11.8. The third-order valence-corrected chi connectivity index (χ3v) is 2.96. The fraction of sp³-hybridized carbons (Fsp3) is 0.909. The summed E-state index contributed by atoms with van der Waals surface area (Å²) in [5, 5.41) is 6.25. The number of nitrogens with one attached hydrogen (secondary N) is 2. The Morgan fingerprint density at radius 1 is 1.60 bits per heavy atom. The minimum atomic E-state index is 0.105. The number of amides is 1. The van der Waals surface area contributed by atoms with Crippen molar-refractivity contribution < 1.29 is 9.53 Å². The van der Waals surface area contributed by atoms with Crippen molar-refractivity contribution in [2.45, 2.75) is 38.8 Å². The summed E-state index contributed by atoms with van der Waals surface area (Å²) in [7, 11) is 1.69. The molecule has 0 saturated carbocycles. The number of ether oxygens (including phenoxy) is 1. The summed E-state index contributed by atoms with van der Waals surface area (Å²) >= 11 is 0. The molecule has 2 unspecified atom stereocenters. The van der Waals surface area contributed by atoms with Crippen molar-refractivity contribution in [3.8, 4) is 0 Å². The van der Waals surface area contributed by atoms with Crippen LogP contribution in [0.5, 0.6) is 0 Å². The molecule has 1 aliphatic heterocycles. The Hall–Kier alpha value is -0.610. The van der Waals surface area contributed by atoms with Gasteiger partial charge in [0, 0.05) is 26.1 Å². The molecule has 0 aromatic carbocycles. The lowest BCUT2D eigenvalue weighted by atomic mass is 10.0. The predicted octanol–water partition coefficient (Wildman–Crippen LogP) is 0.526. The van der Waals surface area contributed by atoms with Crippen LogP contribution in [0.15, 0.2) is 0 Å². The lowest BCUT2D eigenvalue weighted by Gasteiger charge is -2.20. The molecule has 1 amide bonds. The van der Waals surface area contributed by atoms with E-state index in [0.29, 0.717) is 0 Å². The first-order valence-corrected chi connectivity index (χ1v) is 5.73. The Morgan fingerprint density at radius 2 is 2.33 bits per heavy atom. The first-order valence-electron chi connectivity index (χ1n) is 5.73. The van der Waals surface area contributed by atoms with Gasteiger partial charge in [-0.05, 0) is 6.42 Å². The zero-order valence-corrected chi connectivity index (χ0v) is 9.88. The Morgan fingerprint density at radius 3 is 2.93 bits per heavy atom. The molecule has 0 radical (unpaired) electrons. The maximum Gasteiger partial charge on any atom is 0.223 e. The van der Waals surface area contributed by atoms with Gasteiger partial charge in [0.2, 0.25) is 5.91 Å². The summed E-state index contributed by atoms with van der Waals surface area (Å²) in [6.07, 6.45) is 2.11. The van der Waals surface area contributed by atoms with Gasteiger partial charge in [-0.1, -0.05) is 20.3 Å². The van der Waals surface area contributed by atoms with E-state index in [9.17, 15) is 4.79 Å². The second-order valence-electron chi connectivity index (χ2n) is 4.24. The number of hydrogen-bond donors (Lipinski definition) is 2. The van der Waals surface area contributed by atoms with Crippen LogP contribution in [0.4, 0.5) is 0 Å². The molecule has 0 spiro atoms. The van der Waals surface area contributed by atoms with Crippen molar-refractivity contribution in [1.29, 1.82) is 0 Å². The van der Waals surface area contributed by atoms with Crippen LogP contribution >= 0.6 is 0 Å². The van der Waals surface area contributed by atoms with Crippen LogP contribution in [0, 0.1) is 5.92 Å². The SMILES string of the molecule is CCCC(C)C(=O)NC1CNC[C@@H]1OC. The largest absolute Gasteiger partial charge is 0.378 e. The Balaban J connectivity index is 2.36. The van der Waals surface area contributed by atoms with Crippen molar-refractivity contribution in [2.24, 2.45) is 5.92 Å². The molecule has 88 valence electrons. The first kappa shape index (κ1) is 12.5. The van der Waals surface area contributed by atoms with Crippen molar-refractivity contribution in [3.63, 3.8) is 0 Å². The fourth-order valence-electron chi connectivity index (χ4n) is 1.94. The third kappa shape index (κ3) is 3.47. The molecule has 15 heavy (non-hydrogen) atoms. The Labute approximate surface area is 91.8 Å². The van der Waals surface area contributed by atoms with E-state index in [1.54, 1.807) is 7.11 Å². The van der Waals surface area contributed by atoms with Gasteiger partial charge in [-0.25, -0.2) is 0 Å². The van der Waals surface area contributed by atoms with Gasteiger partial charge in [-0.3, -0.25) is 4.79 Å². The molecule has 1 fully saturated rings. The van der Waals surface area contributed by atoms with E-state index >= 15 is 0 Å². The van der Waals surface area contributed by atoms with Gasteiger partial charge in [-0.2, -0.15) is 0 Å². The van der Waals surface area contributed by atoms with Gasteiger partial charge in [0.1, 0.15) is 0 Å². The second-order valence-corrected chi connectivity index (χ2v) is 4.24. The highest BCUT2D eigenvalue weighted by atomic mass is 16.5. The Kier molecular flexibility index (Phi) is 5.05. The smallest absolute Gasteiger partial charge is 0.223 e. The van der Waals surface area contributed by atoms with Crippen LogP contribution in [-0.2, 0) is 9.53 Å². The van der Waals surface area contributed by atoms with Crippen LogP contribution in [-0.4, -0.2) is 38.3 Å². The monoisotopic (exact) mass is 214 g/mol. The van der Waals surface area contributed by atoms with E-state index in [2.05, 4.69) is 17.6 Å². The van der Waals surface area contributed by atoms with Crippen LogP contribution < -0.4 is 10.6 Å². The van der Waals surface area contributed by atoms with Crippen LogP contribution in [0.25, 0.3) is 0 Å². The highest BCUT2D eigenvalue weighted by Crippen LogP contribution is 2.08. The molecule has 1 heterocycles. The topological polar surface area (TPSA) is 50.4 Å². The van der Waals surface area contributed by atoms with Gasteiger partial charge in [-0.15, -0.1) is 0 Å². The van der Waals surface area contributed by atoms with E-state index < -0.39 is 0 Å². The van der Waals surface area contributed by atoms with E-state index in [-0.39, 0.29) is 24.0 Å². The van der Waals surface area contributed by atoms with E-state index in [0.717, 1.165) is 25.9 Å². The van der Waals surface area contributed by atoms with Gasteiger partial charge in [0.15, 0.2) is 0 Å². The predicted molar refractivity (Wildman–Crippen MR) is 59.7 cm³/mol. The summed E-state index contributed by atoms with van der Waals surface area (Å²) < 4.78 is 5.29. The average molecular weight is 214 g/mol. The summed E-state index contributed by atoms with van der Waals surface area (Å²) in [6, 6.07) is 0.127. The fourth-order valence-corrected chi connectivity index (χ4v) is 1.94. The maximum absolute atomic E-state index is 11.8. The summed E-state index contributed by atoms with van der Waals surface area (Å²) in [6.45, 7) is 5.70. The van der Waals surface area contributed by atoms with Crippen LogP contribution in [0.3, 0.4) is 0 Å². The number of carbonyl (C=O) groups excluding carboxylic acids is 1. The lowest BCUT2D eigenvalue weighted by molar-refractivity contribution is -0.126. The Bertz CT molecular complexity index is 209. The third-order valence-electron chi connectivity index (χ3n) is 2.96. The molecule has 0 aromatic heterocycles. The molecule has 4 heteroatoms. The number of methoxy groups -OCH3 is 1. The van der Waals surface area contributed by atoms with Gasteiger partial charge in [0.25, 0.3) is 0 Å². The quantitative estimate of drug-likeness (QED) is 0.701. The molecule has 2 N–H and O–H groups in total. The van der Waals surface area contributed by atoms with Gasteiger partial charge < -0.3 is 15.4 Å². The average Bonchev–Trinajstić information content (AvgIpc) is 2.65. The molecule has 1 saturated heterocycles. The van der Waals surface area contributed by atoms with Gasteiger partial charge in [0.05, 0.1) is 12.1 Å². The van der Waals surface area contributed by atoms with E-state index in [4.69, 9.17) is 4.74 Å². The first-order chi connectivity index (χ1) is 7.19. The molecule has 3 atom stereocenters. The normalized spacial score (nSPS) is 27.7. The summed E-state index contributed by atoms with van der Waals surface area (Å²) in [5.74, 6) is 0.251. The molecule has 1 aliphatic rings. The van der Waals surface area contributed by atoms with E-state index in [1.165, 1.54) is 0 Å². The number of carbonyl (C=O) groups is 1. The molecule has 4 nitrogen and oxygen atoms in total. The standard InChI is InChI=1S/C11H22N2O2/c1-4-5-8(2)11(14)13-9-6-12-7-10(9)15-3/h8-10,12H,4-7H2,1-3H3,(H,13,14)/t8?,9?,10-/m0/s1. The van der Waals surface area contributed by atoms with Gasteiger partial charge >= 0.3 is 0 Å². The van der Waals surface area contributed by atoms with Crippen molar-refractivity contribution in [2.75, 3.05) is 20.2 Å². The molecular weight excluding hydrogens is 192 g/mol. The van der Waals surface area contributed by atoms with E-state index in [1.807, 2.05) is 6.92 Å². The number of hydrogen-bond acceptors (Lipinski definition) is 3. The van der Waals surface area contributed by atoms with Crippen molar-refractivity contribution in [3.05, 3.63) is 0 Å². The molecular formula is C11H22N2O2. The molecule has 0 aliphatic carbocycles. The lowest BCUT2D eigenvalue weighted by Crippen LogP contribution is -2.45. The highest BCUT2D eigenvalue weighted by Gasteiger charge is 2.29. The summed E-state index contributed by atoms with van der Waals surface area (Å²) in [4.78, 5) is 11.8. The molecule has 0 aromatic rings. The van der Waals surface area contributed by atoms with Crippen molar-refractivity contribution in [1.82, 2.24) is 10.6 Å². The second kappa shape index (κ2) is 6.08. The zero-order chi connectivity index (χ0) is 11.3. The minimum absolute atomic E-state index is 0.105. The molecule has 1 rings (SSSR count). The van der Waals surface area contributed by atoms with Crippen molar-refractivity contribution >= 4 is 5.91 Å². The zero-order valence-electron chi connectivity index (χ0n) is 9.88. The number of rotatable bonds is 5. The molecule has 0 bridgehead atoms. The van der Waals surface area contributed by atoms with Crippen LogP contribution in [0.2, 0.25) is 0 Å². The minimum Gasteiger partial charge on any atom is -0.378 e. The highest BCUT2D eigenvalue weighted by molar-refractivity contribution is 5.78. The van der Waals surface area contributed by atoms with Crippen LogP contribution in [0.1, 0.15) is 26.7 Å². The summed E-state index contributed by atoms with van der Waals surface area (Å²) in [5.41, 5.74) is 0.